The number of halogens is 3. The second-order valence-corrected chi connectivity index (χ2v) is 8.83. The molecule has 2 N–H and O–H groups in total. The summed E-state index contributed by atoms with van der Waals surface area (Å²) in [5.74, 6) is -0.906. The van der Waals surface area contributed by atoms with E-state index in [0.717, 1.165) is 24.3 Å². The summed E-state index contributed by atoms with van der Waals surface area (Å²) in [7, 11) is -5.47. The van der Waals surface area contributed by atoms with Gasteiger partial charge in [-0.1, -0.05) is 6.07 Å². The Morgan fingerprint density at radius 2 is 1.33 bits per heavy atom. The smallest absolute Gasteiger partial charge is 0.322 e. The Labute approximate surface area is 173 Å². The molecule has 0 aliphatic rings. The third-order valence-electron chi connectivity index (χ3n) is 3.88. The molecular weight excluding hydrogens is 441 g/mol. The van der Waals surface area contributed by atoms with Gasteiger partial charge < -0.3 is 10.6 Å². The number of nitrogens with one attached hydrogen (secondary N) is 2. The molecule has 2 amide bonds. The number of carbonyl (C=O) groups excluding carboxylic acids is 2. The molecule has 0 fully saturated rings. The van der Waals surface area contributed by atoms with E-state index in [9.17, 15) is 31.2 Å². The number of amides is 2. The highest BCUT2D eigenvalue weighted by Crippen LogP contribution is 2.30. The van der Waals surface area contributed by atoms with Crippen LogP contribution in [0.15, 0.2) is 70.9 Å². The maximum atomic E-state index is 12.6. The van der Waals surface area contributed by atoms with Gasteiger partial charge in [-0.05, 0) is 60.0 Å². The lowest BCUT2D eigenvalue weighted by Crippen LogP contribution is -2.23. The van der Waals surface area contributed by atoms with Gasteiger partial charge in [-0.2, -0.15) is 13.2 Å². The minimum absolute atomic E-state index is 0.0220. The lowest BCUT2D eigenvalue weighted by molar-refractivity contribution is -0.0436. The molecule has 0 spiro atoms. The van der Waals surface area contributed by atoms with Gasteiger partial charge in [0.15, 0.2) is 0 Å². The van der Waals surface area contributed by atoms with Crippen LogP contribution in [0.2, 0.25) is 0 Å². The number of anilines is 2. The molecule has 6 nitrogen and oxygen atoms in total. The van der Waals surface area contributed by atoms with Crippen LogP contribution in [-0.4, -0.2) is 25.7 Å². The zero-order chi connectivity index (χ0) is 21.9. The summed E-state index contributed by atoms with van der Waals surface area (Å²) in [4.78, 5) is 23.8. The van der Waals surface area contributed by atoms with Crippen LogP contribution in [0.4, 0.5) is 24.5 Å². The van der Waals surface area contributed by atoms with Crippen LogP contribution in [0, 0.1) is 0 Å². The van der Waals surface area contributed by atoms with E-state index in [1.165, 1.54) is 23.5 Å². The molecule has 0 saturated carbocycles. The summed E-state index contributed by atoms with van der Waals surface area (Å²) in [6.07, 6.45) is 0. The summed E-state index contributed by atoms with van der Waals surface area (Å²) in [5.41, 5.74) is -4.56. The predicted octanol–water partition coefficient (Wildman–Crippen LogP) is 4.55. The van der Waals surface area contributed by atoms with Crippen LogP contribution >= 0.6 is 11.3 Å². The molecule has 156 valence electrons. The molecule has 0 atom stereocenters. The van der Waals surface area contributed by atoms with Gasteiger partial charge in [-0.15, -0.1) is 11.3 Å². The number of alkyl halides is 3. The highest BCUT2D eigenvalue weighted by Gasteiger charge is 2.46. The maximum absolute atomic E-state index is 12.6. The van der Waals surface area contributed by atoms with Gasteiger partial charge >= 0.3 is 5.51 Å². The molecule has 0 bridgehead atoms. The first-order valence-corrected chi connectivity index (χ1v) is 10.6. The third-order valence-corrected chi connectivity index (χ3v) is 6.25. The Hall–Kier alpha value is -3.18. The second kappa shape index (κ2) is 8.28. The number of benzene rings is 2. The van der Waals surface area contributed by atoms with Crippen molar-refractivity contribution in [3.05, 3.63) is 76.5 Å². The molecular formula is C19H13F3N2O4S2. The normalized spacial score (nSPS) is 11.7. The molecule has 1 heterocycles. The zero-order valence-electron chi connectivity index (χ0n) is 14.9. The molecule has 1 aromatic heterocycles. The van der Waals surface area contributed by atoms with E-state index in [1.807, 2.05) is 0 Å². The fourth-order valence-electron chi connectivity index (χ4n) is 2.36. The quantitative estimate of drug-likeness (QED) is 0.592. The topological polar surface area (TPSA) is 92.3 Å². The lowest BCUT2D eigenvalue weighted by Gasteiger charge is -2.10. The van der Waals surface area contributed by atoms with Gasteiger partial charge in [-0.3, -0.25) is 9.59 Å². The van der Waals surface area contributed by atoms with E-state index < -0.39 is 26.1 Å². The first-order chi connectivity index (χ1) is 14.1. The van der Waals surface area contributed by atoms with E-state index in [2.05, 4.69) is 10.6 Å². The summed E-state index contributed by atoms with van der Waals surface area (Å²) < 4.78 is 60.4. The van der Waals surface area contributed by atoms with Crippen molar-refractivity contribution in [3.8, 4) is 0 Å². The van der Waals surface area contributed by atoms with Crippen molar-refractivity contribution in [2.24, 2.45) is 0 Å². The fourth-order valence-corrected chi connectivity index (χ4v) is 3.74. The molecule has 0 unspecified atom stereocenters. The molecule has 3 rings (SSSR count). The second-order valence-electron chi connectivity index (χ2n) is 5.94. The van der Waals surface area contributed by atoms with Crippen molar-refractivity contribution in [2.75, 3.05) is 10.6 Å². The number of hydrogen-bond donors (Lipinski definition) is 2. The SMILES string of the molecule is O=C(Nc1ccc(NC(=O)c2cccs2)cc1)c1ccc(S(=O)(=O)C(F)(F)F)cc1. The van der Waals surface area contributed by atoms with Gasteiger partial charge in [0.2, 0.25) is 0 Å². The van der Waals surface area contributed by atoms with Gasteiger partial charge in [0, 0.05) is 16.9 Å². The summed E-state index contributed by atoms with van der Waals surface area (Å²) in [5, 5.41) is 7.01. The highest BCUT2D eigenvalue weighted by atomic mass is 32.2. The van der Waals surface area contributed by atoms with E-state index in [-0.39, 0.29) is 11.5 Å². The number of thiophene rings is 1. The average Bonchev–Trinajstić information content (AvgIpc) is 3.24. The van der Waals surface area contributed by atoms with E-state index in [1.54, 1.807) is 29.6 Å². The van der Waals surface area contributed by atoms with Gasteiger partial charge in [0.25, 0.3) is 21.7 Å². The van der Waals surface area contributed by atoms with Crippen molar-refractivity contribution >= 4 is 44.4 Å². The van der Waals surface area contributed by atoms with Crippen molar-refractivity contribution in [1.82, 2.24) is 0 Å². The van der Waals surface area contributed by atoms with Crippen molar-refractivity contribution in [3.63, 3.8) is 0 Å². The van der Waals surface area contributed by atoms with Crippen LogP contribution in [0.5, 0.6) is 0 Å². The van der Waals surface area contributed by atoms with Crippen molar-refractivity contribution < 1.29 is 31.2 Å². The molecule has 0 aliphatic heterocycles. The molecule has 3 aromatic rings. The van der Waals surface area contributed by atoms with Crippen molar-refractivity contribution in [1.29, 1.82) is 0 Å². The molecule has 2 aromatic carbocycles. The highest BCUT2D eigenvalue weighted by molar-refractivity contribution is 7.92. The average molecular weight is 454 g/mol. The Morgan fingerprint density at radius 1 is 0.800 bits per heavy atom. The van der Waals surface area contributed by atoms with E-state index >= 15 is 0 Å². The maximum Gasteiger partial charge on any atom is 0.501 e. The Balaban J connectivity index is 1.65. The Bertz CT molecular complexity index is 1160. The molecule has 0 saturated heterocycles. The first-order valence-electron chi connectivity index (χ1n) is 8.25. The Morgan fingerprint density at radius 3 is 1.80 bits per heavy atom. The number of hydrogen-bond acceptors (Lipinski definition) is 5. The summed E-state index contributed by atoms with van der Waals surface area (Å²) in [6, 6.07) is 13.1. The van der Waals surface area contributed by atoms with E-state index in [0.29, 0.717) is 16.3 Å². The third kappa shape index (κ3) is 4.69. The molecule has 11 heteroatoms. The standard InChI is InChI=1S/C19H13F3N2O4S2/c20-19(21,22)30(27,28)15-9-3-12(4-10-15)17(25)23-13-5-7-14(8-6-13)24-18(26)16-2-1-11-29-16/h1-11H,(H,23,25)(H,24,26). The molecule has 30 heavy (non-hydrogen) atoms. The predicted molar refractivity (Wildman–Crippen MR) is 106 cm³/mol. The van der Waals surface area contributed by atoms with Gasteiger partial charge in [0.1, 0.15) is 0 Å². The van der Waals surface area contributed by atoms with Gasteiger partial charge in [-0.25, -0.2) is 8.42 Å². The first kappa shape index (κ1) is 21.5. The van der Waals surface area contributed by atoms with Crippen LogP contribution in [0.25, 0.3) is 0 Å². The lowest BCUT2D eigenvalue weighted by atomic mass is 10.2. The van der Waals surface area contributed by atoms with Crippen LogP contribution < -0.4 is 10.6 Å². The number of sulfone groups is 1. The molecule has 0 aliphatic carbocycles. The fraction of sp³-hybridized carbons (Fsp3) is 0.0526. The van der Waals surface area contributed by atoms with Crippen molar-refractivity contribution in [2.45, 2.75) is 10.4 Å². The van der Waals surface area contributed by atoms with Crippen LogP contribution in [0.1, 0.15) is 20.0 Å². The van der Waals surface area contributed by atoms with Gasteiger partial charge in [0.05, 0.1) is 9.77 Å². The number of carbonyl (C=O) groups is 2. The van der Waals surface area contributed by atoms with Crippen LogP contribution in [-0.2, 0) is 9.84 Å². The molecule has 0 radical (unpaired) electrons. The minimum atomic E-state index is -5.47. The van der Waals surface area contributed by atoms with Crippen LogP contribution in [0.3, 0.4) is 0 Å². The Kier molecular flexibility index (Phi) is 5.94. The largest absolute Gasteiger partial charge is 0.501 e. The zero-order valence-corrected chi connectivity index (χ0v) is 16.6. The summed E-state index contributed by atoms with van der Waals surface area (Å²) >= 11 is 1.29. The monoisotopic (exact) mass is 454 g/mol. The number of rotatable bonds is 5. The summed E-state index contributed by atoms with van der Waals surface area (Å²) in [6.45, 7) is 0. The minimum Gasteiger partial charge on any atom is -0.322 e. The van der Waals surface area contributed by atoms with E-state index in [4.69, 9.17) is 0 Å².